The molecule has 1 N–H and O–H groups in total. The van der Waals surface area contributed by atoms with Crippen LogP contribution < -0.4 is 10.1 Å². The van der Waals surface area contributed by atoms with E-state index in [0.717, 1.165) is 23.3 Å². The Bertz CT molecular complexity index is 656. The number of nitriles is 1. The van der Waals surface area contributed by atoms with Crippen molar-refractivity contribution >= 4 is 11.9 Å². The Labute approximate surface area is 103 Å². The summed E-state index contributed by atoms with van der Waals surface area (Å²) in [6.07, 6.45) is 4.79. The molecule has 6 heteroatoms. The van der Waals surface area contributed by atoms with E-state index in [-0.39, 0.29) is 0 Å². The molecule has 3 rings (SSSR count). The zero-order valence-electron chi connectivity index (χ0n) is 9.46. The molecule has 2 aromatic heterocycles. The molecule has 1 atom stereocenters. The van der Waals surface area contributed by atoms with E-state index in [2.05, 4.69) is 10.4 Å². The summed E-state index contributed by atoms with van der Waals surface area (Å²) < 4.78 is 7.26. The summed E-state index contributed by atoms with van der Waals surface area (Å²) in [5.41, 5.74) is 2.52. The van der Waals surface area contributed by atoms with Crippen molar-refractivity contribution in [2.45, 2.75) is 12.5 Å². The Morgan fingerprint density at radius 3 is 3.33 bits per heavy atom. The molecule has 3 heterocycles. The highest BCUT2D eigenvalue weighted by molar-refractivity contribution is 5.70. The van der Waals surface area contributed by atoms with Crippen LogP contribution in [0.2, 0.25) is 0 Å². The van der Waals surface area contributed by atoms with Crippen molar-refractivity contribution in [1.29, 1.82) is 5.26 Å². The van der Waals surface area contributed by atoms with E-state index in [1.54, 1.807) is 10.7 Å². The highest BCUT2D eigenvalue weighted by atomic mass is 16.5. The van der Waals surface area contributed by atoms with Gasteiger partial charge in [0.15, 0.2) is 0 Å². The monoisotopic (exact) mass is 242 g/mol. The number of carbonyl (C=O) groups is 1. The standard InChI is InChI=1S/C12H10N4O2/c13-5-10(14-7-17)9-6-15-16-3-1-8-2-4-18-12(8)11(9)16/h1,3,6-7,10H,2,4H2,(H,14,17). The Hall–Kier alpha value is -2.55. The minimum atomic E-state index is -0.712. The zero-order valence-corrected chi connectivity index (χ0v) is 9.46. The summed E-state index contributed by atoms with van der Waals surface area (Å²) in [5, 5.41) is 15.7. The second-order valence-electron chi connectivity index (χ2n) is 4.01. The predicted octanol–water partition coefficient (Wildman–Crippen LogP) is 0.580. The van der Waals surface area contributed by atoms with E-state index in [0.29, 0.717) is 18.6 Å². The summed E-state index contributed by atoms with van der Waals surface area (Å²) in [6, 6.07) is 3.28. The molecule has 0 saturated carbocycles. The van der Waals surface area contributed by atoms with Crippen LogP contribution in [0.1, 0.15) is 17.2 Å². The van der Waals surface area contributed by atoms with Gasteiger partial charge in [0.05, 0.1) is 18.9 Å². The summed E-state index contributed by atoms with van der Waals surface area (Å²) in [7, 11) is 0. The molecule has 1 amide bonds. The number of pyridine rings is 1. The van der Waals surface area contributed by atoms with Gasteiger partial charge in [-0.2, -0.15) is 10.4 Å². The topological polar surface area (TPSA) is 79.4 Å². The molecule has 1 unspecified atom stereocenters. The van der Waals surface area contributed by atoms with Crippen LogP contribution in [-0.4, -0.2) is 22.6 Å². The Kier molecular flexibility index (Phi) is 2.38. The molecule has 6 nitrogen and oxygen atoms in total. The molecule has 0 fully saturated rings. The van der Waals surface area contributed by atoms with Gasteiger partial charge in [-0.15, -0.1) is 0 Å². The van der Waals surface area contributed by atoms with Gasteiger partial charge in [-0.05, 0) is 6.07 Å². The molecule has 2 aromatic rings. The molecular formula is C12H10N4O2. The smallest absolute Gasteiger partial charge is 0.208 e. The van der Waals surface area contributed by atoms with Gasteiger partial charge in [-0.1, -0.05) is 0 Å². The third-order valence-electron chi connectivity index (χ3n) is 3.04. The lowest BCUT2D eigenvalue weighted by molar-refractivity contribution is -0.109. The Balaban J connectivity index is 2.22. The van der Waals surface area contributed by atoms with Crippen LogP contribution in [0.5, 0.6) is 5.75 Å². The minimum absolute atomic E-state index is 0.515. The molecule has 18 heavy (non-hydrogen) atoms. The quantitative estimate of drug-likeness (QED) is 0.798. The van der Waals surface area contributed by atoms with Crippen molar-refractivity contribution in [1.82, 2.24) is 14.9 Å². The SMILES string of the molecule is N#CC(NC=O)c1cnn2ccc3c(c12)OCC3. The fourth-order valence-electron chi connectivity index (χ4n) is 2.21. The minimum Gasteiger partial charge on any atom is -0.491 e. The van der Waals surface area contributed by atoms with Crippen LogP contribution in [0, 0.1) is 11.3 Å². The number of ether oxygens (including phenoxy) is 1. The normalized spacial score (nSPS) is 14.6. The Morgan fingerprint density at radius 1 is 1.67 bits per heavy atom. The molecule has 0 spiro atoms. The lowest BCUT2D eigenvalue weighted by atomic mass is 10.1. The molecule has 1 aliphatic heterocycles. The molecule has 0 aliphatic carbocycles. The number of hydrogen-bond acceptors (Lipinski definition) is 4. The average molecular weight is 242 g/mol. The number of hydrogen-bond donors (Lipinski definition) is 1. The van der Waals surface area contributed by atoms with E-state index in [1.165, 1.54) is 0 Å². The van der Waals surface area contributed by atoms with Gasteiger partial charge in [0.2, 0.25) is 6.41 Å². The van der Waals surface area contributed by atoms with Crippen LogP contribution in [-0.2, 0) is 11.2 Å². The van der Waals surface area contributed by atoms with Crippen LogP contribution in [0.4, 0.5) is 0 Å². The maximum Gasteiger partial charge on any atom is 0.208 e. The second-order valence-corrected chi connectivity index (χ2v) is 4.01. The van der Waals surface area contributed by atoms with Crippen molar-refractivity contribution in [3.8, 4) is 11.8 Å². The van der Waals surface area contributed by atoms with E-state index < -0.39 is 6.04 Å². The first-order valence-electron chi connectivity index (χ1n) is 5.56. The lowest BCUT2D eigenvalue weighted by Crippen LogP contribution is -2.17. The first-order chi connectivity index (χ1) is 8.85. The third kappa shape index (κ3) is 1.41. The highest BCUT2D eigenvalue weighted by Crippen LogP contribution is 2.34. The molecule has 0 bridgehead atoms. The van der Waals surface area contributed by atoms with E-state index in [1.807, 2.05) is 18.3 Å². The Morgan fingerprint density at radius 2 is 2.56 bits per heavy atom. The van der Waals surface area contributed by atoms with Gasteiger partial charge in [0.25, 0.3) is 0 Å². The lowest BCUT2D eigenvalue weighted by Gasteiger charge is -2.08. The van der Waals surface area contributed by atoms with Gasteiger partial charge in [0, 0.05) is 23.7 Å². The molecule has 90 valence electrons. The van der Waals surface area contributed by atoms with Gasteiger partial charge in [-0.3, -0.25) is 4.79 Å². The van der Waals surface area contributed by atoms with Gasteiger partial charge in [0.1, 0.15) is 17.3 Å². The summed E-state index contributed by atoms with van der Waals surface area (Å²) in [6.45, 7) is 0.637. The number of fused-ring (bicyclic) bond motifs is 3. The van der Waals surface area contributed by atoms with Crippen LogP contribution in [0.25, 0.3) is 5.52 Å². The number of amides is 1. The third-order valence-corrected chi connectivity index (χ3v) is 3.04. The maximum absolute atomic E-state index is 10.5. The summed E-state index contributed by atoms with van der Waals surface area (Å²) in [5.74, 6) is 0.762. The number of aromatic nitrogens is 2. The van der Waals surface area contributed by atoms with Gasteiger partial charge >= 0.3 is 0 Å². The fraction of sp³-hybridized carbons (Fsp3) is 0.250. The number of nitrogens with zero attached hydrogens (tertiary/aromatic N) is 3. The van der Waals surface area contributed by atoms with Crippen molar-refractivity contribution in [3.63, 3.8) is 0 Å². The molecule has 1 aliphatic rings. The molecule has 0 aromatic carbocycles. The largest absolute Gasteiger partial charge is 0.491 e. The first kappa shape index (κ1) is 10.6. The van der Waals surface area contributed by atoms with Gasteiger partial charge < -0.3 is 10.1 Å². The zero-order chi connectivity index (χ0) is 12.5. The highest BCUT2D eigenvalue weighted by Gasteiger charge is 2.23. The maximum atomic E-state index is 10.5. The number of nitrogens with one attached hydrogen (secondary N) is 1. The van der Waals surface area contributed by atoms with E-state index in [4.69, 9.17) is 10.00 Å². The van der Waals surface area contributed by atoms with Crippen molar-refractivity contribution in [3.05, 3.63) is 29.6 Å². The fourth-order valence-corrected chi connectivity index (χ4v) is 2.21. The van der Waals surface area contributed by atoms with E-state index in [9.17, 15) is 4.79 Å². The van der Waals surface area contributed by atoms with Crippen molar-refractivity contribution in [2.24, 2.45) is 0 Å². The predicted molar refractivity (Wildman–Crippen MR) is 61.9 cm³/mol. The van der Waals surface area contributed by atoms with Crippen LogP contribution in [0.15, 0.2) is 18.5 Å². The summed E-state index contributed by atoms with van der Waals surface area (Å²) >= 11 is 0. The van der Waals surface area contributed by atoms with Crippen LogP contribution >= 0.6 is 0 Å². The van der Waals surface area contributed by atoms with Crippen molar-refractivity contribution < 1.29 is 9.53 Å². The van der Waals surface area contributed by atoms with Gasteiger partial charge in [-0.25, -0.2) is 4.52 Å². The average Bonchev–Trinajstić information content (AvgIpc) is 3.00. The number of carbonyl (C=O) groups excluding carboxylic acids is 1. The molecule has 0 saturated heterocycles. The first-order valence-corrected chi connectivity index (χ1v) is 5.56. The second kappa shape index (κ2) is 4.04. The number of rotatable bonds is 3. The van der Waals surface area contributed by atoms with E-state index >= 15 is 0 Å². The molecular weight excluding hydrogens is 232 g/mol. The molecule has 0 radical (unpaired) electrons. The van der Waals surface area contributed by atoms with Crippen molar-refractivity contribution in [2.75, 3.05) is 6.61 Å². The van der Waals surface area contributed by atoms with Crippen LogP contribution in [0.3, 0.4) is 0 Å². The summed E-state index contributed by atoms with van der Waals surface area (Å²) in [4.78, 5) is 10.5.